The summed E-state index contributed by atoms with van der Waals surface area (Å²) in [6.07, 6.45) is 7.31. The van der Waals surface area contributed by atoms with Crippen molar-refractivity contribution in [3.63, 3.8) is 0 Å². The number of hydrogen-bond acceptors (Lipinski definition) is 4. The monoisotopic (exact) mass is 327 g/mol. The Hall–Kier alpha value is -1.88. The highest BCUT2D eigenvalue weighted by molar-refractivity contribution is 7.22. The van der Waals surface area contributed by atoms with Gasteiger partial charge in [0.25, 0.3) is 0 Å². The Bertz CT molecular complexity index is 698. The van der Waals surface area contributed by atoms with Gasteiger partial charge in [0.2, 0.25) is 5.91 Å². The van der Waals surface area contributed by atoms with E-state index in [0.717, 1.165) is 56.1 Å². The average Bonchev–Trinajstić information content (AvgIpc) is 3.06. The lowest BCUT2D eigenvalue weighted by molar-refractivity contribution is -0.136. The highest BCUT2D eigenvalue weighted by atomic mass is 32.1. The third kappa shape index (κ3) is 2.98. The number of carbonyl (C=O) groups excluding carboxylic acids is 1. The Balaban J connectivity index is 1.40. The number of aromatic nitrogens is 1. The molecule has 23 heavy (non-hydrogen) atoms. The smallest absolute Gasteiger partial charge is 0.226 e. The van der Waals surface area contributed by atoms with E-state index in [1.165, 1.54) is 4.70 Å². The number of hydrogen-bond donors (Lipinski definition) is 0. The minimum Gasteiger partial charge on any atom is -0.345 e. The summed E-state index contributed by atoms with van der Waals surface area (Å²) >= 11 is 1.74. The lowest BCUT2D eigenvalue weighted by Crippen LogP contribution is -2.50. The molecule has 2 aliphatic rings. The molecule has 1 fully saturated rings. The maximum Gasteiger partial charge on any atom is 0.226 e. The molecule has 0 N–H and O–H groups in total. The molecule has 1 saturated heterocycles. The molecule has 0 saturated carbocycles. The highest BCUT2D eigenvalue weighted by Crippen LogP contribution is 2.29. The fourth-order valence-electron chi connectivity index (χ4n) is 3.39. The molecule has 0 unspecified atom stereocenters. The summed E-state index contributed by atoms with van der Waals surface area (Å²) in [6.45, 7) is 3.40. The van der Waals surface area contributed by atoms with Gasteiger partial charge in [0.05, 0.1) is 10.2 Å². The molecule has 1 aromatic heterocycles. The van der Waals surface area contributed by atoms with E-state index in [2.05, 4.69) is 35.3 Å². The number of rotatable bonds is 2. The Morgan fingerprint density at radius 2 is 1.96 bits per heavy atom. The van der Waals surface area contributed by atoms with Crippen molar-refractivity contribution in [1.82, 2.24) is 9.88 Å². The zero-order valence-corrected chi connectivity index (χ0v) is 14.0. The largest absolute Gasteiger partial charge is 0.345 e. The second kappa shape index (κ2) is 6.32. The summed E-state index contributed by atoms with van der Waals surface area (Å²) in [5, 5.41) is 1.08. The molecular formula is C18H21N3OS. The van der Waals surface area contributed by atoms with Crippen LogP contribution in [0.2, 0.25) is 0 Å². The molecule has 120 valence electrons. The number of allylic oxidation sites excluding steroid dienone is 2. The topological polar surface area (TPSA) is 36.4 Å². The first-order valence-electron chi connectivity index (χ1n) is 8.35. The molecule has 2 aromatic rings. The molecule has 1 aliphatic carbocycles. The Kier molecular flexibility index (Phi) is 4.04. The second-order valence-electron chi connectivity index (χ2n) is 6.26. The molecule has 4 nitrogen and oxygen atoms in total. The SMILES string of the molecule is O=C([C@H]1CC=CCC1)N1CCN(c2nc3ccccc3s2)CC1. The first-order chi connectivity index (χ1) is 11.3. The number of amides is 1. The van der Waals surface area contributed by atoms with Gasteiger partial charge in [0.15, 0.2) is 5.13 Å². The van der Waals surface area contributed by atoms with Gasteiger partial charge in [-0.1, -0.05) is 35.6 Å². The van der Waals surface area contributed by atoms with E-state index in [1.54, 1.807) is 11.3 Å². The first-order valence-corrected chi connectivity index (χ1v) is 9.17. The minimum absolute atomic E-state index is 0.203. The predicted molar refractivity (Wildman–Crippen MR) is 94.9 cm³/mol. The third-order valence-corrected chi connectivity index (χ3v) is 5.86. The standard InChI is InChI=1S/C18H21N3OS/c22-17(14-6-2-1-3-7-14)20-10-12-21(13-11-20)18-19-15-8-4-5-9-16(15)23-18/h1-2,4-5,8-9,14H,3,6-7,10-13H2/t14-/m0/s1. The molecule has 1 amide bonds. The van der Waals surface area contributed by atoms with E-state index in [0.29, 0.717) is 5.91 Å². The van der Waals surface area contributed by atoms with Gasteiger partial charge >= 0.3 is 0 Å². The summed E-state index contributed by atoms with van der Waals surface area (Å²) < 4.78 is 1.23. The van der Waals surface area contributed by atoms with Crippen molar-refractivity contribution in [1.29, 1.82) is 0 Å². The molecule has 0 radical (unpaired) electrons. The van der Waals surface area contributed by atoms with Crippen molar-refractivity contribution in [3.05, 3.63) is 36.4 Å². The number of thiazole rings is 1. The fraction of sp³-hybridized carbons (Fsp3) is 0.444. The Morgan fingerprint density at radius 1 is 1.13 bits per heavy atom. The maximum atomic E-state index is 12.6. The summed E-state index contributed by atoms with van der Waals surface area (Å²) in [6, 6.07) is 8.26. The molecule has 1 aromatic carbocycles. The summed E-state index contributed by atoms with van der Waals surface area (Å²) in [7, 11) is 0. The highest BCUT2D eigenvalue weighted by Gasteiger charge is 2.28. The lowest BCUT2D eigenvalue weighted by Gasteiger charge is -2.36. The summed E-state index contributed by atoms with van der Waals surface area (Å²) in [4.78, 5) is 21.7. The van der Waals surface area contributed by atoms with E-state index < -0.39 is 0 Å². The van der Waals surface area contributed by atoms with Crippen molar-refractivity contribution >= 4 is 32.6 Å². The number of anilines is 1. The van der Waals surface area contributed by atoms with Crippen molar-refractivity contribution in [2.75, 3.05) is 31.1 Å². The zero-order valence-electron chi connectivity index (χ0n) is 13.1. The van der Waals surface area contributed by atoms with Crippen molar-refractivity contribution in [3.8, 4) is 0 Å². The van der Waals surface area contributed by atoms with E-state index in [4.69, 9.17) is 4.98 Å². The van der Waals surface area contributed by atoms with Crippen LogP contribution in [0, 0.1) is 5.92 Å². The van der Waals surface area contributed by atoms with Gasteiger partial charge < -0.3 is 9.80 Å². The molecular weight excluding hydrogens is 306 g/mol. The van der Waals surface area contributed by atoms with Crippen molar-refractivity contribution < 1.29 is 4.79 Å². The number of carbonyl (C=O) groups is 1. The van der Waals surface area contributed by atoms with Crippen LogP contribution in [0.3, 0.4) is 0 Å². The van der Waals surface area contributed by atoms with Crippen LogP contribution in [0.5, 0.6) is 0 Å². The minimum atomic E-state index is 0.203. The molecule has 2 heterocycles. The molecule has 5 heteroatoms. The summed E-state index contributed by atoms with van der Waals surface area (Å²) in [5.41, 5.74) is 1.07. The molecule has 0 bridgehead atoms. The van der Waals surface area contributed by atoms with Gasteiger partial charge in [-0.15, -0.1) is 0 Å². The Morgan fingerprint density at radius 3 is 2.70 bits per heavy atom. The number of fused-ring (bicyclic) bond motifs is 1. The second-order valence-corrected chi connectivity index (χ2v) is 7.27. The van der Waals surface area contributed by atoms with E-state index in [9.17, 15) is 4.79 Å². The van der Waals surface area contributed by atoms with Crippen LogP contribution >= 0.6 is 11.3 Å². The van der Waals surface area contributed by atoms with Gasteiger partial charge in [0, 0.05) is 32.1 Å². The van der Waals surface area contributed by atoms with Gasteiger partial charge in [-0.3, -0.25) is 4.79 Å². The van der Waals surface area contributed by atoms with Crippen molar-refractivity contribution in [2.45, 2.75) is 19.3 Å². The van der Waals surface area contributed by atoms with Crippen LogP contribution in [-0.4, -0.2) is 42.0 Å². The normalized spacial score (nSPS) is 21.8. The van der Waals surface area contributed by atoms with E-state index >= 15 is 0 Å². The van der Waals surface area contributed by atoms with Gasteiger partial charge in [-0.05, 0) is 31.4 Å². The van der Waals surface area contributed by atoms with Crippen molar-refractivity contribution in [2.24, 2.45) is 5.92 Å². The maximum absolute atomic E-state index is 12.6. The van der Waals surface area contributed by atoms with E-state index in [-0.39, 0.29) is 5.92 Å². The fourth-order valence-corrected chi connectivity index (χ4v) is 4.41. The predicted octanol–water partition coefficient (Wildman–Crippen LogP) is 3.30. The summed E-state index contributed by atoms with van der Waals surface area (Å²) in [5.74, 6) is 0.548. The lowest BCUT2D eigenvalue weighted by atomic mass is 9.93. The molecule has 1 aliphatic heterocycles. The number of nitrogens with zero attached hydrogens (tertiary/aromatic N) is 3. The van der Waals surface area contributed by atoms with Gasteiger partial charge in [-0.2, -0.15) is 0 Å². The Labute approximate surface area is 140 Å². The van der Waals surface area contributed by atoms with E-state index in [1.807, 2.05) is 11.0 Å². The number of benzene rings is 1. The zero-order chi connectivity index (χ0) is 15.6. The van der Waals surface area contributed by atoms with Crippen LogP contribution in [0.15, 0.2) is 36.4 Å². The van der Waals surface area contributed by atoms with Crippen LogP contribution < -0.4 is 4.90 Å². The number of para-hydroxylation sites is 1. The molecule has 4 rings (SSSR count). The van der Waals surface area contributed by atoms with Gasteiger partial charge in [0.1, 0.15) is 0 Å². The van der Waals surface area contributed by atoms with Gasteiger partial charge in [-0.25, -0.2) is 4.98 Å². The van der Waals surface area contributed by atoms with Crippen LogP contribution in [0.4, 0.5) is 5.13 Å². The number of piperazine rings is 1. The first kappa shape index (κ1) is 14.7. The quantitative estimate of drug-likeness (QED) is 0.794. The molecule has 1 atom stereocenters. The molecule has 0 spiro atoms. The van der Waals surface area contributed by atoms with Crippen LogP contribution in [-0.2, 0) is 4.79 Å². The average molecular weight is 327 g/mol. The van der Waals surface area contributed by atoms with Crippen LogP contribution in [0.25, 0.3) is 10.2 Å². The third-order valence-electron chi connectivity index (χ3n) is 4.76. The van der Waals surface area contributed by atoms with Crippen LogP contribution in [0.1, 0.15) is 19.3 Å².